The fourth-order valence-electron chi connectivity index (χ4n) is 10.3. The first-order chi connectivity index (χ1) is 39.8. The van der Waals surface area contributed by atoms with E-state index in [9.17, 15) is 28.8 Å². The first-order valence-electron chi connectivity index (χ1n) is 26.3. The number of aryl methyl sites for hydroxylation is 4. The molecule has 2 aliphatic heterocycles. The molecule has 4 aromatic carbocycles. The van der Waals surface area contributed by atoms with Crippen LogP contribution in [0.2, 0.25) is 20.1 Å². The lowest BCUT2D eigenvalue weighted by atomic mass is 10.1. The van der Waals surface area contributed by atoms with Gasteiger partial charge in [-0.25, -0.2) is 9.97 Å². The summed E-state index contributed by atoms with van der Waals surface area (Å²) in [6.45, 7) is 0.816. The molecule has 0 bridgehead atoms. The van der Waals surface area contributed by atoms with E-state index in [0.29, 0.717) is 82.4 Å². The molecule has 0 unspecified atom stereocenters. The molecule has 0 spiro atoms. The van der Waals surface area contributed by atoms with Crippen molar-refractivity contribution in [2.75, 3.05) is 45.1 Å². The van der Waals surface area contributed by atoms with Crippen molar-refractivity contribution in [1.82, 2.24) is 28.9 Å². The summed E-state index contributed by atoms with van der Waals surface area (Å²) in [6.07, 6.45) is 9.08. The number of rotatable bonds is 18. The van der Waals surface area contributed by atoms with Gasteiger partial charge in [-0.15, -0.1) is 22.7 Å². The van der Waals surface area contributed by atoms with Crippen molar-refractivity contribution in [2.45, 2.75) is 75.7 Å². The Labute approximate surface area is 506 Å². The van der Waals surface area contributed by atoms with Crippen LogP contribution in [0.25, 0.3) is 21.8 Å². The van der Waals surface area contributed by atoms with Crippen molar-refractivity contribution < 1.29 is 48.1 Å². The van der Waals surface area contributed by atoms with Crippen LogP contribution in [-0.4, -0.2) is 116 Å². The number of anilines is 2. The minimum Gasteiger partial charge on any atom is -0.481 e. The van der Waals surface area contributed by atoms with Gasteiger partial charge in [-0.3, -0.25) is 28.8 Å². The number of fused-ring (bicyclic) bond motifs is 2. The summed E-state index contributed by atoms with van der Waals surface area (Å²) < 4.78 is 19.6. The van der Waals surface area contributed by atoms with Gasteiger partial charge in [-0.1, -0.05) is 82.8 Å². The SMILES string of the molecule is COC(=O)CCc1cnc([C@@H]2C[C@H](OC)CN2C(=O)Cc2cc(Cl)c(NC(=O)c3cn(C)c4ccccc34)cc2Cl)s1.CO[C@H]1C[C@@H](c2ncc(CCC(=O)O)s2)N(C(=O)Cc2cc(Cl)c(NC(=O)c3cn(C)c4ccccc34)cc2Cl)C1. The summed E-state index contributed by atoms with van der Waals surface area (Å²) in [4.78, 5) is 90.1. The molecule has 2 saturated heterocycles. The predicted octanol–water partition coefficient (Wildman–Crippen LogP) is 11.6. The van der Waals surface area contributed by atoms with Crippen LogP contribution in [0.1, 0.15) is 89.4 Å². The van der Waals surface area contributed by atoms with Crippen LogP contribution in [-0.2, 0) is 73.2 Å². The summed E-state index contributed by atoms with van der Waals surface area (Å²) in [5.74, 6) is -2.09. The van der Waals surface area contributed by atoms with E-state index >= 15 is 0 Å². The van der Waals surface area contributed by atoms with E-state index in [0.717, 1.165) is 41.6 Å². The topological polar surface area (TPSA) is 217 Å². The summed E-state index contributed by atoms with van der Waals surface area (Å²) in [7, 11) is 8.36. The number of carboxylic acid groups (broad SMARTS) is 1. The van der Waals surface area contributed by atoms with E-state index in [1.807, 2.05) is 71.8 Å². The number of hydrogen-bond acceptors (Lipinski definition) is 13. The van der Waals surface area contributed by atoms with E-state index in [2.05, 4.69) is 20.6 Å². The van der Waals surface area contributed by atoms with Crippen molar-refractivity contribution in [2.24, 2.45) is 14.1 Å². The van der Waals surface area contributed by atoms with Gasteiger partial charge in [0.05, 0.1) is 89.6 Å². The highest BCUT2D eigenvalue weighted by Gasteiger charge is 2.40. The van der Waals surface area contributed by atoms with Gasteiger partial charge in [-0.2, -0.15) is 0 Å². The zero-order valence-corrected chi connectivity index (χ0v) is 50.4. The number of hydrogen-bond donors (Lipinski definition) is 3. The second-order valence-corrected chi connectivity index (χ2v) is 24.0. The molecular weight excluding hydrogens is 1190 g/mol. The smallest absolute Gasteiger partial charge is 0.305 e. The van der Waals surface area contributed by atoms with Crippen molar-refractivity contribution >= 4 is 138 Å². The lowest BCUT2D eigenvalue weighted by Gasteiger charge is -2.23. The highest BCUT2D eigenvalue weighted by Crippen LogP contribution is 2.40. The quantitative estimate of drug-likeness (QED) is 0.0684. The van der Waals surface area contributed by atoms with E-state index < -0.39 is 5.97 Å². The number of nitrogens with zero attached hydrogens (tertiary/aromatic N) is 6. The number of thiazole rings is 2. The van der Waals surface area contributed by atoms with Crippen LogP contribution in [0.4, 0.5) is 11.4 Å². The van der Waals surface area contributed by atoms with Gasteiger partial charge in [0, 0.05) is 121 Å². The Bertz CT molecular complexity index is 3770. The fraction of sp³-hybridized carbons (Fsp3) is 0.322. The third-order valence-corrected chi connectivity index (χ3v) is 18.3. The molecule has 6 heterocycles. The first-order valence-corrected chi connectivity index (χ1v) is 29.5. The van der Waals surface area contributed by atoms with E-state index in [1.54, 1.807) is 73.1 Å². The average molecular weight is 1250 g/mol. The molecule has 24 heteroatoms. The monoisotopic (exact) mass is 1240 g/mol. The predicted molar refractivity (Wildman–Crippen MR) is 322 cm³/mol. The van der Waals surface area contributed by atoms with Gasteiger partial charge in [0.25, 0.3) is 11.8 Å². The Morgan fingerprint density at radius 1 is 0.614 bits per heavy atom. The van der Waals surface area contributed by atoms with Crippen molar-refractivity contribution in [3.8, 4) is 0 Å². The molecule has 3 N–H and O–H groups in total. The van der Waals surface area contributed by atoms with Crippen LogP contribution < -0.4 is 10.6 Å². The van der Waals surface area contributed by atoms with Gasteiger partial charge >= 0.3 is 11.9 Å². The molecule has 0 radical (unpaired) electrons. The Morgan fingerprint density at radius 2 is 1.04 bits per heavy atom. The number of ether oxygens (including phenoxy) is 3. The molecule has 0 saturated carbocycles. The lowest BCUT2D eigenvalue weighted by molar-refractivity contribution is -0.140. The van der Waals surface area contributed by atoms with Crippen LogP contribution >= 0.6 is 69.1 Å². The van der Waals surface area contributed by atoms with Gasteiger partial charge in [0.15, 0.2) is 0 Å². The maximum atomic E-state index is 13.6. The van der Waals surface area contributed by atoms with Crippen molar-refractivity contribution in [3.63, 3.8) is 0 Å². The van der Waals surface area contributed by atoms with E-state index in [4.69, 9.17) is 65.7 Å². The fourth-order valence-corrected chi connectivity index (χ4v) is 13.3. The van der Waals surface area contributed by atoms with Crippen LogP contribution in [0.5, 0.6) is 0 Å². The van der Waals surface area contributed by atoms with Crippen LogP contribution in [0.15, 0.2) is 97.6 Å². The molecule has 2 aliphatic rings. The Kier molecular flexibility index (Phi) is 19.6. The number of amides is 4. The third kappa shape index (κ3) is 14.0. The molecular formula is C59H58Cl4N8O10S2. The summed E-state index contributed by atoms with van der Waals surface area (Å²) >= 11 is 29.2. The molecule has 10 rings (SSSR count). The van der Waals surface area contributed by atoms with E-state index in [1.165, 1.54) is 29.8 Å². The Balaban J connectivity index is 0.000000200. The number of carboxylic acids is 1. The van der Waals surface area contributed by atoms with Crippen molar-refractivity contribution in [3.05, 3.63) is 160 Å². The number of benzene rings is 4. The van der Waals surface area contributed by atoms with E-state index in [-0.39, 0.29) is 89.6 Å². The summed E-state index contributed by atoms with van der Waals surface area (Å²) in [5.41, 5.74) is 4.68. The van der Waals surface area contributed by atoms with Gasteiger partial charge in [0.2, 0.25) is 11.8 Å². The maximum absolute atomic E-state index is 13.6. The van der Waals surface area contributed by atoms with Crippen LogP contribution in [0.3, 0.4) is 0 Å². The highest BCUT2D eigenvalue weighted by molar-refractivity contribution is 7.12. The molecule has 83 heavy (non-hydrogen) atoms. The normalized spacial score (nSPS) is 16.7. The number of methoxy groups -OCH3 is 3. The minimum atomic E-state index is -0.869. The van der Waals surface area contributed by atoms with Gasteiger partial charge in [-0.05, 0) is 60.4 Å². The highest BCUT2D eigenvalue weighted by atomic mass is 35.5. The van der Waals surface area contributed by atoms with Crippen LogP contribution in [0, 0.1) is 0 Å². The van der Waals surface area contributed by atoms with Crippen molar-refractivity contribution in [1.29, 1.82) is 0 Å². The number of carbonyl (C=O) groups excluding carboxylic acids is 5. The molecule has 4 amide bonds. The van der Waals surface area contributed by atoms with Gasteiger partial charge in [0.1, 0.15) is 10.0 Å². The largest absolute Gasteiger partial charge is 0.481 e. The molecule has 4 atom stereocenters. The Hall–Kier alpha value is -6.88. The number of nitrogens with one attached hydrogen (secondary N) is 2. The van der Waals surface area contributed by atoms with Gasteiger partial charge < -0.3 is 48.9 Å². The second-order valence-electron chi connectivity index (χ2n) is 20.1. The zero-order chi connectivity index (χ0) is 59.2. The maximum Gasteiger partial charge on any atom is 0.305 e. The Morgan fingerprint density at radius 3 is 1.45 bits per heavy atom. The molecule has 18 nitrogen and oxygen atoms in total. The average Bonchev–Trinajstić information content (AvgIpc) is 4.57. The summed E-state index contributed by atoms with van der Waals surface area (Å²) in [6, 6.07) is 21.1. The standard InChI is InChI=1S/C30H30Cl2N4O5S.C29H28Cl2N4O5S/c1-35-16-21(20-6-4-5-7-25(20)35)29(39)34-24-13-22(31)17(10-23(24)32)11-27(37)36-15-18(40-2)12-26(36)30-33-14-19(42-30)8-9-28(38)41-3;1-34-15-20(19-5-3-4-6-24(19)34)28(39)33-23-12-21(30)16(9-22(23)31)10-26(36)35-14-17(40-2)11-25(35)29-32-13-18(41-29)7-8-27(37)38/h4-7,10,13-14,16,18,26H,8-9,11-12,15H2,1-3H3,(H,34,39);3-6,9,12-13,15,17,25H,7-8,10-11,14H2,1-2H3,(H,33,39)(H,37,38)/t18-,26-;17-,25-/m00/s1. The third-order valence-electron chi connectivity index (χ3n) is 14.7. The summed E-state index contributed by atoms with van der Waals surface area (Å²) in [5, 5.41) is 19.0. The molecule has 434 valence electrons. The number of aromatic nitrogens is 4. The molecule has 4 aromatic heterocycles. The molecule has 0 aliphatic carbocycles. The molecule has 8 aromatic rings. The number of aliphatic carboxylic acids is 1. The minimum absolute atomic E-state index is 0.000281. The lowest BCUT2D eigenvalue weighted by Crippen LogP contribution is -2.33. The number of likely N-dealkylation sites (tertiary alicyclic amines) is 2. The number of para-hydroxylation sites is 2. The zero-order valence-electron chi connectivity index (χ0n) is 45.8. The number of esters is 1. The second kappa shape index (κ2) is 26.8. The first kappa shape index (κ1) is 60.7. The molecule has 2 fully saturated rings. The number of halogens is 4. The number of carbonyl (C=O) groups is 6.